The first kappa shape index (κ1) is 16.8. The van der Waals surface area contributed by atoms with E-state index in [0.29, 0.717) is 5.96 Å². The zero-order chi connectivity index (χ0) is 16.8. The van der Waals surface area contributed by atoms with Gasteiger partial charge in [-0.25, -0.2) is 0 Å². The Morgan fingerprint density at radius 1 is 1.42 bits per heavy atom. The molecule has 0 aromatic heterocycles. The van der Waals surface area contributed by atoms with E-state index in [1.165, 1.54) is 5.56 Å². The first-order valence-corrected chi connectivity index (χ1v) is 8.62. The fourth-order valence-corrected chi connectivity index (χ4v) is 3.13. The normalized spacial score (nSPS) is 27.1. The highest BCUT2D eigenvalue weighted by Gasteiger charge is 2.25. The maximum atomic E-state index is 6.33. The number of aliphatic imine (C=N–C) groups is 1. The molecule has 6 nitrogen and oxygen atoms in total. The molecule has 0 radical (unpaired) electrons. The van der Waals surface area contributed by atoms with E-state index in [1.807, 2.05) is 18.3 Å². The van der Waals surface area contributed by atoms with Crippen LogP contribution in [0.5, 0.6) is 5.75 Å². The third-order valence-electron chi connectivity index (χ3n) is 4.49. The van der Waals surface area contributed by atoms with Crippen LogP contribution in [0.2, 0.25) is 0 Å². The van der Waals surface area contributed by atoms with Gasteiger partial charge in [-0.2, -0.15) is 0 Å². The highest BCUT2D eigenvalue weighted by Crippen LogP contribution is 2.26. The number of benzene rings is 1. The number of rotatable bonds is 6. The number of nitrogens with two attached hydrogens (primary N) is 1. The van der Waals surface area contributed by atoms with Crippen molar-refractivity contribution in [3.63, 3.8) is 0 Å². The number of fused-ring (bicyclic) bond motifs is 1. The minimum Gasteiger partial charge on any atom is -0.489 e. The number of nitrogens with zero attached hydrogens (tertiary/aromatic N) is 1. The van der Waals surface area contributed by atoms with Crippen LogP contribution in [0.1, 0.15) is 24.8 Å². The Bertz CT molecular complexity index is 615. The molecule has 0 saturated heterocycles. The van der Waals surface area contributed by atoms with Crippen molar-refractivity contribution < 1.29 is 4.74 Å². The van der Waals surface area contributed by atoms with Gasteiger partial charge in [0, 0.05) is 19.8 Å². The number of ether oxygens (including phenoxy) is 1. The second-order valence-electron chi connectivity index (χ2n) is 6.41. The van der Waals surface area contributed by atoms with Crippen molar-refractivity contribution in [3.8, 4) is 5.75 Å². The predicted molar refractivity (Wildman–Crippen MR) is 97.0 cm³/mol. The SMILES string of the molecule is CN=C1NC=CC(N)(CCCNCC2CCc3ccccc3O2)N1. The monoisotopic (exact) mass is 329 g/mol. The Morgan fingerprint density at radius 3 is 3.17 bits per heavy atom. The summed E-state index contributed by atoms with van der Waals surface area (Å²) in [5.41, 5.74) is 7.12. The molecule has 24 heavy (non-hydrogen) atoms. The molecule has 0 saturated carbocycles. The van der Waals surface area contributed by atoms with E-state index in [9.17, 15) is 0 Å². The van der Waals surface area contributed by atoms with E-state index < -0.39 is 5.66 Å². The molecule has 130 valence electrons. The molecule has 0 fully saturated rings. The summed E-state index contributed by atoms with van der Waals surface area (Å²) in [6.45, 7) is 1.79. The Hall–Kier alpha value is -2.05. The summed E-state index contributed by atoms with van der Waals surface area (Å²) in [5.74, 6) is 1.74. The van der Waals surface area contributed by atoms with E-state index in [1.54, 1.807) is 7.05 Å². The Kier molecular flexibility index (Phi) is 5.37. The van der Waals surface area contributed by atoms with Gasteiger partial charge in [0.25, 0.3) is 0 Å². The van der Waals surface area contributed by atoms with Gasteiger partial charge in [-0.15, -0.1) is 0 Å². The number of nitrogens with one attached hydrogen (secondary N) is 3. The van der Waals surface area contributed by atoms with Crippen LogP contribution in [0.4, 0.5) is 0 Å². The second kappa shape index (κ2) is 7.68. The molecule has 1 aromatic carbocycles. The standard InChI is InChI=1S/C18H27N5O/c1-20-17-22-12-10-18(19,23-17)9-4-11-21-13-15-8-7-14-5-2-3-6-16(14)24-15/h2-3,5-6,10,12,15,21H,4,7-9,11,13,19H2,1H3,(H2,20,22,23). The van der Waals surface area contributed by atoms with Gasteiger partial charge in [-0.1, -0.05) is 18.2 Å². The minimum absolute atomic E-state index is 0.252. The number of para-hydroxylation sites is 1. The van der Waals surface area contributed by atoms with Crippen LogP contribution in [0.3, 0.4) is 0 Å². The third kappa shape index (κ3) is 4.27. The zero-order valence-electron chi connectivity index (χ0n) is 14.2. The highest BCUT2D eigenvalue weighted by atomic mass is 16.5. The fraction of sp³-hybridized carbons (Fsp3) is 0.500. The van der Waals surface area contributed by atoms with Crippen LogP contribution >= 0.6 is 0 Å². The van der Waals surface area contributed by atoms with Crippen molar-refractivity contribution in [2.75, 3.05) is 20.1 Å². The molecule has 0 amide bonds. The van der Waals surface area contributed by atoms with E-state index in [4.69, 9.17) is 10.5 Å². The Morgan fingerprint density at radius 2 is 2.29 bits per heavy atom. The summed E-state index contributed by atoms with van der Waals surface area (Å²) in [7, 11) is 1.73. The number of guanidine groups is 1. The molecule has 5 N–H and O–H groups in total. The van der Waals surface area contributed by atoms with Crippen LogP contribution in [-0.2, 0) is 6.42 Å². The lowest BCUT2D eigenvalue weighted by atomic mass is 10.0. The first-order chi connectivity index (χ1) is 11.7. The quantitative estimate of drug-likeness (QED) is 0.588. The number of aryl methyl sites for hydroxylation is 1. The van der Waals surface area contributed by atoms with Crippen molar-refractivity contribution >= 4 is 5.96 Å². The van der Waals surface area contributed by atoms with Crippen LogP contribution in [-0.4, -0.2) is 37.9 Å². The molecule has 2 heterocycles. The maximum absolute atomic E-state index is 6.33. The van der Waals surface area contributed by atoms with Gasteiger partial charge in [0.05, 0.1) is 0 Å². The molecule has 0 aliphatic carbocycles. The highest BCUT2D eigenvalue weighted by molar-refractivity contribution is 5.82. The molecule has 2 aliphatic rings. The molecule has 1 aromatic rings. The lowest BCUT2D eigenvalue weighted by molar-refractivity contribution is 0.170. The lowest BCUT2D eigenvalue weighted by Crippen LogP contribution is -2.60. The van der Waals surface area contributed by atoms with Gasteiger partial charge in [0.2, 0.25) is 0 Å². The summed E-state index contributed by atoms with van der Waals surface area (Å²) in [4.78, 5) is 4.10. The smallest absolute Gasteiger partial charge is 0.196 e. The molecular weight excluding hydrogens is 302 g/mol. The summed E-state index contributed by atoms with van der Waals surface area (Å²) < 4.78 is 6.04. The third-order valence-corrected chi connectivity index (χ3v) is 4.49. The summed E-state index contributed by atoms with van der Waals surface area (Å²) >= 11 is 0. The van der Waals surface area contributed by atoms with E-state index >= 15 is 0 Å². The maximum Gasteiger partial charge on any atom is 0.196 e. The molecule has 0 bridgehead atoms. The molecular formula is C18H27N5O. The van der Waals surface area contributed by atoms with E-state index in [2.05, 4.69) is 39.1 Å². The van der Waals surface area contributed by atoms with Crippen molar-refractivity contribution in [3.05, 3.63) is 42.1 Å². The predicted octanol–water partition coefficient (Wildman–Crippen LogP) is 1.10. The Balaban J connectivity index is 1.36. The molecule has 0 spiro atoms. The first-order valence-electron chi connectivity index (χ1n) is 8.62. The summed E-state index contributed by atoms with van der Waals surface area (Å²) in [6, 6.07) is 8.30. The average molecular weight is 329 g/mol. The zero-order valence-corrected chi connectivity index (χ0v) is 14.2. The topological polar surface area (TPSA) is 83.7 Å². The van der Waals surface area contributed by atoms with Crippen LogP contribution in [0.15, 0.2) is 41.5 Å². The molecule has 2 unspecified atom stereocenters. The molecule has 2 aliphatic heterocycles. The van der Waals surface area contributed by atoms with Gasteiger partial charge in [-0.05, 0) is 49.9 Å². The lowest BCUT2D eigenvalue weighted by Gasteiger charge is -2.32. The van der Waals surface area contributed by atoms with Gasteiger partial charge in [-0.3, -0.25) is 4.99 Å². The molecule has 6 heteroatoms. The van der Waals surface area contributed by atoms with Crippen molar-refractivity contribution in [2.24, 2.45) is 10.7 Å². The van der Waals surface area contributed by atoms with Crippen molar-refractivity contribution in [2.45, 2.75) is 37.5 Å². The van der Waals surface area contributed by atoms with Crippen LogP contribution in [0, 0.1) is 0 Å². The van der Waals surface area contributed by atoms with Gasteiger partial charge < -0.3 is 26.4 Å². The van der Waals surface area contributed by atoms with Gasteiger partial charge >= 0.3 is 0 Å². The fourth-order valence-electron chi connectivity index (χ4n) is 3.13. The Labute approximate surface area is 143 Å². The van der Waals surface area contributed by atoms with Crippen LogP contribution < -0.4 is 26.4 Å². The average Bonchev–Trinajstić information content (AvgIpc) is 2.61. The number of hydrogen-bond donors (Lipinski definition) is 4. The van der Waals surface area contributed by atoms with Gasteiger partial charge in [0.1, 0.15) is 17.5 Å². The van der Waals surface area contributed by atoms with Crippen molar-refractivity contribution in [1.82, 2.24) is 16.0 Å². The summed E-state index contributed by atoms with van der Waals surface area (Å²) in [6.07, 6.45) is 8.02. The largest absolute Gasteiger partial charge is 0.489 e. The molecule has 3 rings (SSSR count). The number of hydrogen-bond acceptors (Lipinski definition) is 4. The van der Waals surface area contributed by atoms with Crippen molar-refractivity contribution in [1.29, 1.82) is 0 Å². The van der Waals surface area contributed by atoms with E-state index in [0.717, 1.165) is 44.5 Å². The summed E-state index contributed by atoms with van der Waals surface area (Å²) in [5, 5.41) is 9.72. The minimum atomic E-state index is -0.526. The van der Waals surface area contributed by atoms with Gasteiger partial charge in [0.15, 0.2) is 5.96 Å². The van der Waals surface area contributed by atoms with Crippen LogP contribution in [0.25, 0.3) is 0 Å². The van der Waals surface area contributed by atoms with E-state index in [-0.39, 0.29) is 6.10 Å². The second-order valence-corrected chi connectivity index (χ2v) is 6.41. The molecule has 2 atom stereocenters.